The van der Waals surface area contributed by atoms with E-state index >= 15 is 0 Å². The maximum absolute atomic E-state index is 5.16. The van der Waals surface area contributed by atoms with Crippen LogP contribution in [0.15, 0.2) is 30.3 Å². The minimum atomic E-state index is 0.541. The minimum Gasteiger partial charge on any atom is -0.385 e. The summed E-state index contributed by atoms with van der Waals surface area (Å²) in [5.41, 5.74) is 2.79. The Hall–Kier alpha value is -2.62. The molecule has 1 aliphatic heterocycles. The molecule has 9 heteroatoms. The van der Waals surface area contributed by atoms with Crippen molar-refractivity contribution < 1.29 is 9.64 Å². The first kappa shape index (κ1) is 18.4. The Bertz CT molecular complexity index is 1120. The topological polar surface area (TPSA) is 81.7 Å². The number of nitrogens with one attached hydrogen (secondary N) is 2. The number of hydrogen-bond acceptors (Lipinski definition) is 7. The number of quaternary nitrogens is 1. The van der Waals surface area contributed by atoms with Crippen molar-refractivity contribution in [2.24, 2.45) is 0 Å². The Balaban J connectivity index is 1.48. The van der Waals surface area contributed by atoms with Gasteiger partial charge >= 0.3 is 0 Å². The molecule has 1 aromatic carbocycles. The third-order valence-corrected chi connectivity index (χ3v) is 6.63. The molecule has 1 aliphatic rings. The van der Waals surface area contributed by atoms with Crippen LogP contribution in [0.2, 0.25) is 0 Å². The van der Waals surface area contributed by atoms with Crippen molar-refractivity contribution in [1.82, 2.24) is 25.0 Å². The van der Waals surface area contributed by atoms with E-state index in [1.807, 2.05) is 0 Å². The average Bonchev–Trinajstić information content (AvgIpc) is 3.36. The molecular formula is C20H24N7OS+. The number of hydrogen-bond donors (Lipinski definition) is 2. The van der Waals surface area contributed by atoms with Gasteiger partial charge in [-0.2, -0.15) is 9.50 Å². The molecule has 1 unspecified atom stereocenters. The van der Waals surface area contributed by atoms with Crippen molar-refractivity contribution in [2.45, 2.75) is 25.9 Å². The van der Waals surface area contributed by atoms with Gasteiger partial charge in [0.05, 0.1) is 16.8 Å². The molecule has 4 heterocycles. The monoisotopic (exact) mass is 410 g/mol. The number of rotatable bonds is 7. The van der Waals surface area contributed by atoms with Crippen LogP contribution in [0.25, 0.3) is 16.0 Å². The first-order valence-electron chi connectivity index (χ1n) is 9.96. The standard InChI is InChI=1S/C20H23N7OS/c1-28-11-5-9-21-18-17-15-8-10-26(12-14-6-3-2-4-7-14)13-16(15)29-19(17)27-20(22-18)23-24-25-27/h2-4,6-7H,5,8-13H2,1H3,(H,21,22,23,25)/p+1. The number of nitrogens with zero attached hydrogens (tertiary/aromatic N) is 5. The maximum Gasteiger partial charge on any atom is 0.276 e. The summed E-state index contributed by atoms with van der Waals surface area (Å²) in [5.74, 6) is 1.43. The number of methoxy groups -OCH3 is 1. The van der Waals surface area contributed by atoms with Crippen LogP contribution < -0.4 is 10.2 Å². The van der Waals surface area contributed by atoms with Gasteiger partial charge in [0.15, 0.2) is 0 Å². The van der Waals surface area contributed by atoms with E-state index in [-0.39, 0.29) is 0 Å². The lowest BCUT2D eigenvalue weighted by Crippen LogP contribution is -3.10. The van der Waals surface area contributed by atoms with Crippen molar-refractivity contribution in [1.29, 1.82) is 0 Å². The van der Waals surface area contributed by atoms with E-state index in [0.717, 1.165) is 56.3 Å². The van der Waals surface area contributed by atoms with Gasteiger partial charge in [0.1, 0.15) is 23.7 Å². The van der Waals surface area contributed by atoms with Gasteiger partial charge in [0.2, 0.25) is 0 Å². The fourth-order valence-electron chi connectivity index (χ4n) is 4.04. The zero-order chi connectivity index (χ0) is 19.6. The molecule has 0 aliphatic carbocycles. The fourth-order valence-corrected chi connectivity index (χ4v) is 5.41. The normalized spacial score (nSPS) is 16.4. The Kier molecular flexibility index (Phi) is 5.09. The lowest BCUT2D eigenvalue weighted by Gasteiger charge is -2.24. The van der Waals surface area contributed by atoms with Gasteiger partial charge in [-0.1, -0.05) is 35.4 Å². The SMILES string of the molecule is COCCCNc1nc2nnnn2c2sc3c(c12)CC[NH+](Cc1ccccc1)C3. The Labute approximate surface area is 172 Å². The van der Waals surface area contributed by atoms with E-state index in [1.165, 1.54) is 21.4 Å². The molecule has 0 saturated heterocycles. The molecule has 150 valence electrons. The molecular weight excluding hydrogens is 386 g/mol. The quantitative estimate of drug-likeness (QED) is 0.447. The van der Waals surface area contributed by atoms with E-state index in [0.29, 0.717) is 5.78 Å². The second-order valence-electron chi connectivity index (χ2n) is 7.40. The van der Waals surface area contributed by atoms with Gasteiger partial charge in [-0.15, -0.1) is 11.3 Å². The zero-order valence-corrected chi connectivity index (χ0v) is 17.2. The number of anilines is 1. The van der Waals surface area contributed by atoms with E-state index in [9.17, 15) is 0 Å². The fraction of sp³-hybridized carbons (Fsp3) is 0.400. The molecule has 0 fully saturated rings. The van der Waals surface area contributed by atoms with E-state index in [4.69, 9.17) is 9.72 Å². The predicted octanol–water partition coefficient (Wildman–Crippen LogP) is 1.32. The highest BCUT2D eigenvalue weighted by Crippen LogP contribution is 2.36. The van der Waals surface area contributed by atoms with Crippen LogP contribution in [0, 0.1) is 0 Å². The summed E-state index contributed by atoms with van der Waals surface area (Å²) in [5, 5.41) is 16.8. The largest absolute Gasteiger partial charge is 0.385 e. The van der Waals surface area contributed by atoms with Crippen LogP contribution >= 0.6 is 11.3 Å². The molecule has 0 bridgehead atoms. The number of thiophene rings is 1. The van der Waals surface area contributed by atoms with E-state index in [1.54, 1.807) is 27.9 Å². The molecule has 0 spiro atoms. The smallest absolute Gasteiger partial charge is 0.276 e. The van der Waals surface area contributed by atoms with Gasteiger partial charge in [0, 0.05) is 32.2 Å². The van der Waals surface area contributed by atoms with Crippen molar-refractivity contribution in [3.8, 4) is 0 Å². The van der Waals surface area contributed by atoms with Gasteiger partial charge in [-0.25, -0.2) is 0 Å². The van der Waals surface area contributed by atoms with Gasteiger partial charge < -0.3 is 15.0 Å². The van der Waals surface area contributed by atoms with Crippen molar-refractivity contribution in [3.05, 3.63) is 46.3 Å². The molecule has 0 saturated carbocycles. The first-order valence-corrected chi connectivity index (χ1v) is 10.8. The first-order chi connectivity index (χ1) is 14.3. The van der Waals surface area contributed by atoms with Crippen LogP contribution in [-0.2, 0) is 24.2 Å². The number of tetrazole rings is 1. The average molecular weight is 411 g/mol. The van der Waals surface area contributed by atoms with Crippen molar-refractivity contribution >= 4 is 33.1 Å². The zero-order valence-electron chi connectivity index (χ0n) is 16.4. The molecule has 0 radical (unpaired) electrons. The van der Waals surface area contributed by atoms with Crippen LogP contribution in [0.4, 0.5) is 5.82 Å². The molecule has 8 nitrogen and oxygen atoms in total. The van der Waals surface area contributed by atoms with Crippen LogP contribution in [0.5, 0.6) is 0 Å². The lowest BCUT2D eigenvalue weighted by molar-refractivity contribution is -0.929. The highest BCUT2D eigenvalue weighted by atomic mass is 32.1. The Morgan fingerprint density at radius 3 is 3.03 bits per heavy atom. The van der Waals surface area contributed by atoms with Crippen molar-refractivity contribution in [2.75, 3.05) is 32.1 Å². The summed E-state index contributed by atoms with van der Waals surface area (Å²) in [6, 6.07) is 10.7. The highest BCUT2D eigenvalue weighted by molar-refractivity contribution is 7.19. The second kappa shape index (κ2) is 8.02. The number of aromatic nitrogens is 5. The summed E-state index contributed by atoms with van der Waals surface area (Å²) in [6.07, 6.45) is 1.97. The van der Waals surface area contributed by atoms with E-state index < -0.39 is 0 Å². The highest BCUT2D eigenvalue weighted by Gasteiger charge is 2.27. The van der Waals surface area contributed by atoms with Crippen molar-refractivity contribution in [3.63, 3.8) is 0 Å². The predicted molar refractivity (Wildman–Crippen MR) is 112 cm³/mol. The second-order valence-corrected chi connectivity index (χ2v) is 8.48. The molecule has 5 rings (SSSR count). The summed E-state index contributed by atoms with van der Waals surface area (Å²) >= 11 is 1.80. The van der Waals surface area contributed by atoms with Gasteiger partial charge in [0.25, 0.3) is 5.78 Å². The maximum atomic E-state index is 5.16. The lowest BCUT2D eigenvalue weighted by atomic mass is 10.0. The van der Waals surface area contributed by atoms with Crippen LogP contribution in [0.3, 0.4) is 0 Å². The number of fused-ring (bicyclic) bond motifs is 5. The third kappa shape index (κ3) is 3.57. The molecule has 1 atom stereocenters. The molecule has 4 aromatic rings. The van der Waals surface area contributed by atoms with Crippen LogP contribution in [0.1, 0.15) is 22.4 Å². The summed E-state index contributed by atoms with van der Waals surface area (Å²) < 4.78 is 6.94. The summed E-state index contributed by atoms with van der Waals surface area (Å²) in [6.45, 7) is 4.73. The Morgan fingerprint density at radius 1 is 1.28 bits per heavy atom. The number of benzene rings is 1. The van der Waals surface area contributed by atoms with Crippen LogP contribution in [-0.4, -0.2) is 51.8 Å². The number of ether oxygens (including phenoxy) is 1. The molecule has 2 N–H and O–H groups in total. The van der Waals surface area contributed by atoms with Gasteiger partial charge in [-0.3, -0.25) is 0 Å². The molecule has 29 heavy (non-hydrogen) atoms. The van der Waals surface area contributed by atoms with E-state index in [2.05, 4.69) is 51.2 Å². The summed E-state index contributed by atoms with van der Waals surface area (Å²) in [4.78, 5) is 8.79. The molecule has 0 amide bonds. The molecule has 3 aromatic heterocycles. The summed E-state index contributed by atoms with van der Waals surface area (Å²) in [7, 11) is 1.73. The Morgan fingerprint density at radius 2 is 2.17 bits per heavy atom. The minimum absolute atomic E-state index is 0.541. The third-order valence-electron chi connectivity index (χ3n) is 5.42. The van der Waals surface area contributed by atoms with Gasteiger partial charge in [-0.05, 0) is 22.4 Å².